The van der Waals surface area contributed by atoms with Crippen LogP contribution < -0.4 is 25.4 Å². The van der Waals surface area contributed by atoms with Crippen molar-refractivity contribution in [2.75, 3.05) is 29.2 Å². The minimum absolute atomic E-state index is 0.264. The van der Waals surface area contributed by atoms with E-state index in [1.807, 2.05) is 56.3 Å². The summed E-state index contributed by atoms with van der Waals surface area (Å²) in [6.07, 6.45) is 1.75. The van der Waals surface area contributed by atoms with Gasteiger partial charge < -0.3 is 25.4 Å². The fourth-order valence-electron chi connectivity index (χ4n) is 3.67. The highest BCUT2D eigenvalue weighted by Crippen LogP contribution is 2.34. The molecule has 176 valence electrons. The van der Waals surface area contributed by atoms with Crippen LogP contribution in [0, 0.1) is 13.8 Å². The molecule has 0 radical (unpaired) electrons. The minimum Gasteiger partial charge on any atom is -0.486 e. The largest absolute Gasteiger partial charge is 0.486 e. The average molecular weight is 469 g/mol. The summed E-state index contributed by atoms with van der Waals surface area (Å²) in [6, 6.07) is 18.3. The molecule has 2 aromatic heterocycles. The summed E-state index contributed by atoms with van der Waals surface area (Å²) in [5.74, 6) is 3.39. The van der Waals surface area contributed by atoms with Gasteiger partial charge in [0.25, 0.3) is 5.91 Å². The third-order valence-corrected chi connectivity index (χ3v) is 5.24. The highest BCUT2D eigenvalue weighted by molar-refractivity contribution is 6.06. The highest BCUT2D eigenvalue weighted by Gasteiger charge is 2.20. The Morgan fingerprint density at radius 1 is 0.829 bits per heavy atom. The summed E-state index contributed by atoms with van der Waals surface area (Å²) in [4.78, 5) is 26.0. The molecule has 0 fully saturated rings. The Morgan fingerprint density at radius 2 is 1.57 bits per heavy atom. The Bertz CT molecular complexity index is 1370. The van der Waals surface area contributed by atoms with Gasteiger partial charge in [-0.05, 0) is 67.9 Å². The van der Waals surface area contributed by atoms with Gasteiger partial charge in [0.05, 0.1) is 5.56 Å². The number of hydrogen-bond donors (Lipinski definition) is 3. The lowest BCUT2D eigenvalue weighted by molar-refractivity contribution is 0.101. The molecule has 0 saturated carbocycles. The van der Waals surface area contributed by atoms with Gasteiger partial charge >= 0.3 is 0 Å². The Hall–Kier alpha value is -4.66. The predicted molar refractivity (Wildman–Crippen MR) is 134 cm³/mol. The Morgan fingerprint density at radius 3 is 2.37 bits per heavy atom. The summed E-state index contributed by atoms with van der Waals surface area (Å²) in [7, 11) is 0. The molecule has 3 N–H and O–H groups in total. The molecule has 1 aliphatic heterocycles. The molecule has 1 amide bonds. The number of carbonyl (C=O) groups is 1. The molecule has 0 saturated heterocycles. The number of aryl methyl sites for hydroxylation is 2. The number of nitrogens with zero attached hydrogens (tertiary/aromatic N) is 3. The van der Waals surface area contributed by atoms with E-state index < -0.39 is 0 Å². The van der Waals surface area contributed by atoms with Crippen LogP contribution in [0.1, 0.15) is 21.7 Å². The van der Waals surface area contributed by atoms with Gasteiger partial charge in [0.2, 0.25) is 0 Å². The zero-order valence-corrected chi connectivity index (χ0v) is 19.3. The van der Waals surface area contributed by atoms with Crippen LogP contribution >= 0.6 is 0 Å². The SMILES string of the molecule is Cc1ccnc(Nc2cc(Nc3ccc(NC(=O)c4cccc5c4OCCO5)cc3)nc(C)n2)c1. The average Bonchev–Trinajstić information content (AvgIpc) is 2.84. The second-order valence-electron chi connectivity index (χ2n) is 8.02. The summed E-state index contributed by atoms with van der Waals surface area (Å²) < 4.78 is 11.2. The summed E-state index contributed by atoms with van der Waals surface area (Å²) in [6.45, 7) is 4.72. The number of aromatic nitrogens is 3. The first-order valence-electron chi connectivity index (χ1n) is 11.2. The second kappa shape index (κ2) is 9.68. The first-order chi connectivity index (χ1) is 17.0. The number of pyridine rings is 1. The number of ether oxygens (including phenoxy) is 2. The number of amides is 1. The first-order valence-corrected chi connectivity index (χ1v) is 11.2. The zero-order valence-electron chi connectivity index (χ0n) is 19.3. The van der Waals surface area contributed by atoms with Gasteiger partial charge in [0.15, 0.2) is 11.5 Å². The van der Waals surface area contributed by atoms with Gasteiger partial charge in [0.1, 0.15) is 36.5 Å². The van der Waals surface area contributed by atoms with Gasteiger partial charge in [-0.2, -0.15) is 0 Å². The van der Waals surface area contributed by atoms with Crippen molar-refractivity contribution in [3.63, 3.8) is 0 Å². The number of para-hydroxylation sites is 1. The molecule has 0 atom stereocenters. The van der Waals surface area contributed by atoms with Crippen LogP contribution in [0.25, 0.3) is 0 Å². The van der Waals surface area contributed by atoms with Crippen LogP contribution in [0.2, 0.25) is 0 Å². The topological polar surface area (TPSA) is 110 Å². The lowest BCUT2D eigenvalue weighted by atomic mass is 10.1. The van der Waals surface area contributed by atoms with E-state index in [-0.39, 0.29) is 5.91 Å². The van der Waals surface area contributed by atoms with Crippen molar-refractivity contribution in [3.05, 3.63) is 83.8 Å². The lowest BCUT2D eigenvalue weighted by Gasteiger charge is -2.20. The maximum Gasteiger partial charge on any atom is 0.259 e. The van der Waals surface area contributed by atoms with Gasteiger partial charge in [-0.25, -0.2) is 15.0 Å². The second-order valence-corrected chi connectivity index (χ2v) is 8.02. The molecule has 0 unspecified atom stereocenters. The number of anilines is 5. The summed E-state index contributed by atoms with van der Waals surface area (Å²) in [5, 5.41) is 9.39. The Kier molecular flexibility index (Phi) is 6.13. The van der Waals surface area contributed by atoms with Crippen molar-refractivity contribution in [2.45, 2.75) is 13.8 Å². The maximum atomic E-state index is 12.8. The molecule has 0 spiro atoms. The third kappa shape index (κ3) is 5.30. The first kappa shape index (κ1) is 22.1. The van der Waals surface area contributed by atoms with E-state index >= 15 is 0 Å². The molecule has 9 heteroatoms. The molecule has 0 aliphatic carbocycles. The molecule has 0 bridgehead atoms. The molecule has 4 aromatic rings. The van der Waals surface area contributed by atoms with E-state index in [1.54, 1.807) is 24.4 Å². The molecule has 1 aliphatic rings. The van der Waals surface area contributed by atoms with E-state index in [0.29, 0.717) is 59.2 Å². The fourth-order valence-corrected chi connectivity index (χ4v) is 3.67. The normalized spacial score (nSPS) is 12.1. The van der Waals surface area contributed by atoms with Crippen molar-refractivity contribution >= 4 is 34.7 Å². The predicted octanol–water partition coefficient (Wildman–Crippen LogP) is 5.00. The molecule has 9 nitrogen and oxygen atoms in total. The quantitative estimate of drug-likeness (QED) is 0.363. The van der Waals surface area contributed by atoms with Crippen molar-refractivity contribution in [3.8, 4) is 11.5 Å². The van der Waals surface area contributed by atoms with E-state index in [4.69, 9.17) is 9.47 Å². The number of carbonyl (C=O) groups excluding carboxylic acids is 1. The Labute approximate surface area is 202 Å². The zero-order chi connectivity index (χ0) is 24.2. The van der Waals surface area contributed by atoms with E-state index in [2.05, 4.69) is 30.9 Å². The number of rotatable bonds is 6. The van der Waals surface area contributed by atoms with Crippen LogP contribution in [-0.4, -0.2) is 34.1 Å². The van der Waals surface area contributed by atoms with Crippen LogP contribution in [0.3, 0.4) is 0 Å². The summed E-state index contributed by atoms with van der Waals surface area (Å²) in [5.41, 5.74) is 3.01. The van der Waals surface area contributed by atoms with Crippen LogP contribution in [0.15, 0.2) is 66.9 Å². The van der Waals surface area contributed by atoms with Crippen molar-refractivity contribution in [1.82, 2.24) is 15.0 Å². The standard InChI is InChI=1S/C26H24N6O3/c1-16-10-11-27-22(14-16)32-24-15-23(28-17(2)29-24)30-18-6-8-19(9-7-18)31-26(33)20-4-3-5-21-25(20)35-13-12-34-21/h3-11,14-15H,12-13H2,1-2H3,(H,31,33)(H2,27,28,29,30,32). The van der Waals surface area contributed by atoms with E-state index in [9.17, 15) is 4.79 Å². The smallest absolute Gasteiger partial charge is 0.259 e. The van der Waals surface area contributed by atoms with Crippen molar-refractivity contribution in [2.24, 2.45) is 0 Å². The fraction of sp³-hybridized carbons (Fsp3) is 0.154. The van der Waals surface area contributed by atoms with Gasteiger partial charge in [-0.3, -0.25) is 4.79 Å². The van der Waals surface area contributed by atoms with Gasteiger partial charge in [0, 0.05) is 23.6 Å². The highest BCUT2D eigenvalue weighted by atomic mass is 16.6. The number of nitrogens with one attached hydrogen (secondary N) is 3. The third-order valence-electron chi connectivity index (χ3n) is 5.24. The minimum atomic E-state index is -0.264. The summed E-state index contributed by atoms with van der Waals surface area (Å²) >= 11 is 0. The Balaban J connectivity index is 1.27. The molecular weight excluding hydrogens is 444 g/mol. The van der Waals surface area contributed by atoms with Gasteiger partial charge in [-0.15, -0.1) is 0 Å². The van der Waals surface area contributed by atoms with Gasteiger partial charge in [-0.1, -0.05) is 6.07 Å². The molecule has 35 heavy (non-hydrogen) atoms. The van der Waals surface area contributed by atoms with Crippen molar-refractivity contribution in [1.29, 1.82) is 0 Å². The van der Waals surface area contributed by atoms with Crippen LogP contribution in [-0.2, 0) is 0 Å². The molecule has 2 aromatic carbocycles. The molecular formula is C26H24N6O3. The monoisotopic (exact) mass is 468 g/mol. The van der Waals surface area contributed by atoms with Crippen LogP contribution in [0.5, 0.6) is 11.5 Å². The van der Waals surface area contributed by atoms with Crippen molar-refractivity contribution < 1.29 is 14.3 Å². The number of hydrogen-bond acceptors (Lipinski definition) is 8. The van der Waals surface area contributed by atoms with Crippen LogP contribution in [0.4, 0.5) is 28.8 Å². The van der Waals surface area contributed by atoms with E-state index in [1.165, 1.54) is 0 Å². The molecule has 3 heterocycles. The lowest BCUT2D eigenvalue weighted by Crippen LogP contribution is -2.20. The number of fused-ring (bicyclic) bond motifs is 1. The maximum absolute atomic E-state index is 12.8. The number of benzene rings is 2. The molecule has 5 rings (SSSR count). The van der Waals surface area contributed by atoms with E-state index in [0.717, 1.165) is 11.3 Å².